The molecule has 1 fully saturated rings. The number of carboxylic acids is 3. The zero-order valence-corrected chi connectivity index (χ0v) is 66.6. The molecule has 13 atom stereocenters. The van der Waals surface area contributed by atoms with Crippen LogP contribution in [0, 0.1) is 17.8 Å². The number of benzene rings is 2. The number of nitrogens with zero attached hydrogens (tertiary/aromatic N) is 1. The fourth-order valence-corrected chi connectivity index (χ4v) is 13.8. The highest BCUT2D eigenvalue weighted by molar-refractivity contribution is 8.76. The summed E-state index contributed by atoms with van der Waals surface area (Å²) in [5, 5.41) is 72.6. The van der Waals surface area contributed by atoms with Crippen molar-refractivity contribution in [3.8, 4) is 5.75 Å². The number of rotatable bonds is 31. The molecule has 1 aliphatic heterocycles. The van der Waals surface area contributed by atoms with Crippen LogP contribution in [0.3, 0.4) is 0 Å². The Kier molecular flexibility index (Phi) is 43.6. The molecular formula is C73H112N18O21S2. The lowest BCUT2D eigenvalue weighted by Gasteiger charge is -2.30. The molecule has 39 nitrogen and oxygen atoms in total. The predicted molar refractivity (Wildman–Crippen MR) is 420 cm³/mol. The first-order chi connectivity index (χ1) is 53.8. The molecule has 25 N–H and O–H groups in total. The van der Waals surface area contributed by atoms with Gasteiger partial charge in [-0.1, -0.05) is 112 Å². The second-order valence-corrected chi connectivity index (χ2v) is 30.9. The summed E-state index contributed by atoms with van der Waals surface area (Å²) < 4.78 is 0. The third-order valence-electron chi connectivity index (χ3n) is 17.7. The van der Waals surface area contributed by atoms with Gasteiger partial charge in [0.05, 0.1) is 6.54 Å². The van der Waals surface area contributed by atoms with E-state index < -0.39 is 236 Å². The van der Waals surface area contributed by atoms with Crippen LogP contribution in [-0.2, 0) is 94.3 Å². The van der Waals surface area contributed by atoms with Gasteiger partial charge in [-0.3, -0.25) is 86.5 Å². The van der Waals surface area contributed by atoms with Crippen LogP contribution in [0.2, 0.25) is 0 Å². The normalized spacial score (nSPS) is 22.9. The maximum absolute atomic E-state index is 14.9. The summed E-state index contributed by atoms with van der Waals surface area (Å²) in [6.07, 6.45) is -4.71. The zero-order valence-electron chi connectivity index (χ0n) is 65.0. The van der Waals surface area contributed by atoms with Gasteiger partial charge in [0, 0.05) is 57.1 Å². The number of primary amides is 1. The highest BCUT2D eigenvalue weighted by Gasteiger charge is 2.39. The number of nitrogens with two attached hydrogens (primary N) is 4. The van der Waals surface area contributed by atoms with E-state index in [0.717, 1.165) is 28.5 Å². The molecule has 1 heterocycles. The number of amides is 14. The van der Waals surface area contributed by atoms with Gasteiger partial charge in [-0.05, 0) is 112 Å². The van der Waals surface area contributed by atoms with Crippen LogP contribution in [0.1, 0.15) is 149 Å². The molecule has 632 valence electrons. The van der Waals surface area contributed by atoms with E-state index in [2.05, 4.69) is 74.1 Å². The third kappa shape index (κ3) is 37.7. The summed E-state index contributed by atoms with van der Waals surface area (Å²) in [4.78, 5) is 241. The Balaban J connectivity index is 2.39. The van der Waals surface area contributed by atoms with E-state index in [1.807, 2.05) is 0 Å². The van der Waals surface area contributed by atoms with Crippen molar-refractivity contribution in [2.75, 3.05) is 31.1 Å². The number of nitrogens with one attached hydrogen (secondary N) is 13. The van der Waals surface area contributed by atoms with Gasteiger partial charge in [-0.15, -0.1) is 0 Å². The Morgan fingerprint density at radius 1 is 0.518 bits per heavy atom. The molecule has 0 aliphatic carbocycles. The van der Waals surface area contributed by atoms with Crippen molar-refractivity contribution in [3.63, 3.8) is 0 Å². The molecule has 0 spiro atoms. The second kappa shape index (κ2) is 51.0. The maximum Gasteiger partial charge on any atom is 0.303 e. The lowest BCUT2D eigenvalue weighted by Crippen LogP contribution is -2.61. The molecule has 0 radical (unpaired) electrons. The van der Waals surface area contributed by atoms with Crippen LogP contribution >= 0.6 is 21.6 Å². The molecule has 1 aliphatic rings. The van der Waals surface area contributed by atoms with E-state index in [1.165, 1.54) is 31.2 Å². The Morgan fingerprint density at radius 2 is 0.965 bits per heavy atom. The second-order valence-electron chi connectivity index (χ2n) is 28.3. The van der Waals surface area contributed by atoms with Gasteiger partial charge in [-0.2, -0.15) is 0 Å². The van der Waals surface area contributed by atoms with E-state index in [9.17, 15) is 102 Å². The van der Waals surface area contributed by atoms with Crippen molar-refractivity contribution in [3.05, 3.63) is 65.7 Å². The number of carbonyl (C=O) groups is 17. The maximum atomic E-state index is 14.9. The standard InChI is InChI=1S/C73H112N18O21S2/c1-8-40(6)60-72(112)85-48(24-27-58(97)98)65(105)89-52(33-42-15-10-9-11-16-42)69(109)90-55(71(111)86-50(61(75)101)31-38(2)3)37-114-113-36-54(80-41(7)92)70(110)82-46(17-12-13-29-74)64(104)83-47(23-26-57(95)96)62(102)79-35-56(94)81-45(18-14-30-78-73(76)77)63(103)88-53(34-43-19-21-44(93)22-20-43)68(108)87-51(32-39(4)5)67(107)84-49(66(106)91-60)25-28-59(99)100/h9-11,15-16,19-22,38-40,45-55,60,93H,8,12-14,17-18,23-37,74H2,1-7H3,(H2,75,101)(H,79,102)(H,80,92)(H,81,94)(H,82,110)(H,83,104)(H,84,107)(H,85,112)(H,86,111)(H,87,108)(H,88,103)(H,89,105)(H,90,109)(H,91,106)(H,95,96)(H,97,98)(H,99,100)(H4,76,77,78)/t40-,45-,46-,47-,48-,49-,50-,51-,52-,53-,54-,55-,60-/m0/s1. The van der Waals surface area contributed by atoms with Crippen molar-refractivity contribution in [1.82, 2.24) is 69.1 Å². The quantitative estimate of drug-likeness (QED) is 0.0154. The summed E-state index contributed by atoms with van der Waals surface area (Å²) in [6.45, 7) is 10.2. The molecule has 114 heavy (non-hydrogen) atoms. The van der Waals surface area contributed by atoms with Crippen molar-refractivity contribution in [2.45, 2.75) is 224 Å². The molecule has 2 aromatic carbocycles. The molecule has 3 rings (SSSR count). The average molecular weight is 1640 g/mol. The van der Waals surface area contributed by atoms with Gasteiger partial charge in [0.1, 0.15) is 78.3 Å². The van der Waals surface area contributed by atoms with Gasteiger partial charge >= 0.3 is 17.9 Å². The molecule has 0 aromatic heterocycles. The number of aliphatic imine (C=N–C) groups is 1. The SMILES string of the molecule is CC[C@H](C)[C@@H]1NC(=O)[C@H](CCC(=O)O)NC(=O)[C@H](CC(C)C)NC(=O)[C@H](Cc2ccc(O)cc2)NC(=O)[C@H](CCCN=C(N)N)NC(=O)CNC(=O)[C@H](CCC(=O)O)NC(=O)[C@H](CCCCN)NC(=O)[C@@H](NC(C)=O)CSSC[C@@H](C(=O)N[C@@H](CC(C)C)C(N)=O)NC(=O)[C@H](Cc2ccccc2)NC(=O)[C@H](CCC(=O)O)NC1=O. The minimum atomic E-state index is -1.81. The van der Waals surface area contributed by atoms with Gasteiger partial charge in [-0.25, -0.2) is 0 Å². The zero-order chi connectivity index (χ0) is 85.3. The number of unbranched alkanes of at least 4 members (excludes halogenated alkanes) is 1. The molecule has 41 heteroatoms. The van der Waals surface area contributed by atoms with E-state index in [0.29, 0.717) is 17.5 Å². The van der Waals surface area contributed by atoms with Crippen LogP contribution in [0.5, 0.6) is 5.75 Å². The number of hydrogen-bond donors (Lipinski definition) is 21. The Morgan fingerprint density at radius 3 is 1.46 bits per heavy atom. The van der Waals surface area contributed by atoms with Gasteiger partial charge < -0.3 is 112 Å². The van der Waals surface area contributed by atoms with Crippen LogP contribution in [0.25, 0.3) is 0 Å². The summed E-state index contributed by atoms with van der Waals surface area (Å²) in [5.41, 5.74) is 23.4. The van der Waals surface area contributed by atoms with Crippen LogP contribution < -0.4 is 92.1 Å². The van der Waals surface area contributed by atoms with Crippen molar-refractivity contribution in [2.24, 2.45) is 45.7 Å². The number of aliphatic carboxylic acids is 3. The fraction of sp³-hybridized carbons (Fsp3) is 0.589. The minimum absolute atomic E-state index is 0.00909. The van der Waals surface area contributed by atoms with E-state index in [-0.39, 0.29) is 94.3 Å². The number of phenols is 1. The summed E-state index contributed by atoms with van der Waals surface area (Å²) in [6, 6.07) is -5.90. The van der Waals surface area contributed by atoms with Crippen molar-refractivity contribution < 1.29 is 102 Å². The first-order valence-corrected chi connectivity index (χ1v) is 39.9. The molecule has 0 unspecified atom stereocenters. The largest absolute Gasteiger partial charge is 0.508 e. The number of aromatic hydroxyl groups is 1. The molecule has 0 bridgehead atoms. The topological polar surface area (TPSA) is 644 Å². The molecule has 0 saturated carbocycles. The van der Waals surface area contributed by atoms with Gasteiger partial charge in [0.25, 0.3) is 0 Å². The monoisotopic (exact) mass is 1640 g/mol. The van der Waals surface area contributed by atoms with E-state index in [4.69, 9.17) is 22.9 Å². The van der Waals surface area contributed by atoms with E-state index >= 15 is 0 Å². The third-order valence-corrected chi connectivity index (χ3v) is 20.2. The van der Waals surface area contributed by atoms with Crippen LogP contribution in [0.15, 0.2) is 59.6 Å². The minimum Gasteiger partial charge on any atom is -0.508 e. The lowest BCUT2D eigenvalue weighted by molar-refractivity contribution is -0.139. The Hall–Kier alpha value is -10.8. The Bertz CT molecular complexity index is 3650. The fourth-order valence-electron chi connectivity index (χ4n) is 11.5. The highest BCUT2D eigenvalue weighted by Crippen LogP contribution is 2.25. The molecule has 1 saturated heterocycles. The first-order valence-electron chi connectivity index (χ1n) is 37.5. The summed E-state index contributed by atoms with van der Waals surface area (Å²) in [7, 11) is 1.75. The smallest absolute Gasteiger partial charge is 0.303 e. The number of guanidine groups is 1. The van der Waals surface area contributed by atoms with Crippen LogP contribution in [0.4, 0.5) is 0 Å². The molecule has 2 aromatic rings. The van der Waals surface area contributed by atoms with Gasteiger partial charge in [0.2, 0.25) is 82.7 Å². The Labute approximate surface area is 668 Å². The number of hydrogen-bond acceptors (Lipinski definition) is 22. The summed E-state index contributed by atoms with van der Waals surface area (Å²) >= 11 is 0. The highest BCUT2D eigenvalue weighted by atomic mass is 33.1. The van der Waals surface area contributed by atoms with Gasteiger partial charge in [0.15, 0.2) is 5.96 Å². The number of carboxylic acid groups (broad SMARTS) is 3. The average Bonchev–Trinajstić information content (AvgIpc) is 0.850. The molecule has 14 amide bonds. The van der Waals surface area contributed by atoms with Crippen molar-refractivity contribution >= 4 is 128 Å². The first kappa shape index (κ1) is 97.4. The number of carbonyl (C=O) groups excluding carboxylic acids is 14. The lowest BCUT2D eigenvalue weighted by atomic mass is 9.96. The summed E-state index contributed by atoms with van der Waals surface area (Å²) in [5.74, 6) is -21.3. The predicted octanol–water partition coefficient (Wildman–Crippen LogP) is -3.07. The van der Waals surface area contributed by atoms with Crippen LogP contribution in [-0.4, -0.2) is 231 Å². The number of phenolic OH excluding ortho intramolecular Hbond substituents is 1. The van der Waals surface area contributed by atoms with Crippen molar-refractivity contribution in [1.29, 1.82) is 0 Å². The van der Waals surface area contributed by atoms with E-state index in [1.54, 1.807) is 65.0 Å². The molecular weight excluding hydrogens is 1530 g/mol.